The molecule has 1 atom stereocenters. The fourth-order valence-corrected chi connectivity index (χ4v) is 2.88. The molecule has 5 heteroatoms. The first kappa shape index (κ1) is 14.2. The summed E-state index contributed by atoms with van der Waals surface area (Å²) in [4.78, 5) is 28.1. The van der Waals surface area contributed by atoms with Gasteiger partial charge in [-0.05, 0) is 12.5 Å². The van der Waals surface area contributed by atoms with Crippen molar-refractivity contribution in [3.8, 4) is 0 Å². The molecule has 2 saturated heterocycles. The zero-order chi connectivity index (χ0) is 14.8. The Morgan fingerprint density at radius 2 is 1.81 bits per heavy atom. The molecule has 0 aromatic heterocycles. The summed E-state index contributed by atoms with van der Waals surface area (Å²) < 4.78 is 5.30. The topological polar surface area (TPSA) is 49.9 Å². The van der Waals surface area contributed by atoms with E-state index < -0.39 is 0 Å². The van der Waals surface area contributed by atoms with Crippen LogP contribution in [0.1, 0.15) is 17.5 Å². The van der Waals surface area contributed by atoms with E-state index in [9.17, 15) is 9.59 Å². The molecular formula is C16H20N2O3. The lowest BCUT2D eigenvalue weighted by atomic mass is 10.1. The Bertz CT molecular complexity index is 535. The van der Waals surface area contributed by atoms with Crippen molar-refractivity contribution >= 4 is 11.8 Å². The normalized spacial score (nSPS) is 23.9. The van der Waals surface area contributed by atoms with Crippen molar-refractivity contribution in [3.05, 3.63) is 35.4 Å². The molecule has 3 rings (SSSR count). The molecule has 1 aromatic rings. The van der Waals surface area contributed by atoms with E-state index in [0.717, 1.165) is 18.7 Å². The molecule has 0 radical (unpaired) electrons. The van der Waals surface area contributed by atoms with Gasteiger partial charge in [0, 0.05) is 13.1 Å². The van der Waals surface area contributed by atoms with E-state index >= 15 is 0 Å². The van der Waals surface area contributed by atoms with Crippen LogP contribution < -0.4 is 0 Å². The van der Waals surface area contributed by atoms with Crippen LogP contribution in [0.4, 0.5) is 0 Å². The van der Waals surface area contributed by atoms with E-state index in [-0.39, 0.29) is 17.9 Å². The summed E-state index contributed by atoms with van der Waals surface area (Å²) in [6, 6.07) is 7.64. The SMILES string of the molecule is Cc1ccc(CN2C(=O)C[C@H](N3CCOCC3)C2=O)cc1. The molecule has 0 spiro atoms. The number of ether oxygens (including phenoxy) is 1. The van der Waals surface area contributed by atoms with Crippen LogP contribution in [0.25, 0.3) is 0 Å². The number of nitrogens with zero attached hydrogens (tertiary/aromatic N) is 2. The summed E-state index contributed by atoms with van der Waals surface area (Å²) in [5, 5.41) is 0. The van der Waals surface area contributed by atoms with Crippen molar-refractivity contribution in [2.75, 3.05) is 26.3 Å². The van der Waals surface area contributed by atoms with Gasteiger partial charge in [-0.25, -0.2) is 0 Å². The maximum atomic E-state index is 12.5. The summed E-state index contributed by atoms with van der Waals surface area (Å²) in [6.45, 7) is 5.11. The molecule has 112 valence electrons. The Kier molecular flexibility index (Phi) is 4.03. The second-order valence-corrected chi connectivity index (χ2v) is 5.67. The maximum absolute atomic E-state index is 12.5. The highest BCUT2D eigenvalue weighted by atomic mass is 16.5. The van der Waals surface area contributed by atoms with Crippen LogP contribution in [0, 0.1) is 6.92 Å². The van der Waals surface area contributed by atoms with Gasteiger partial charge in [0.05, 0.1) is 32.2 Å². The van der Waals surface area contributed by atoms with E-state index in [2.05, 4.69) is 4.90 Å². The van der Waals surface area contributed by atoms with Gasteiger partial charge in [-0.1, -0.05) is 29.8 Å². The van der Waals surface area contributed by atoms with Crippen LogP contribution >= 0.6 is 0 Å². The standard InChI is InChI=1S/C16H20N2O3/c1-12-2-4-13(5-3-12)11-18-15(19)10-14(16(18)20)17-6-8-21-9-7-17/h2-5,14H,6-11H2,1H3/t14-/m0/s1. The minimum absolute atomic E-state index is 0.0672. The van der Waals surface area contributed by atoms with Crippen molar-refractivity contribution < 1.29 is 14.3 Å². The minimum Gasteiger partial charge on any atom is -0.379 e. The maximum Gasteiger partial charge on any atom is 0.247 e. The van der Waals surface area contributed by atoms with Gasteiger partial charge in [-0.2, -0.15) is 0 Å². The smallest absolute Gasteiger partial charge is 0.247 e. The summed E-state index contributed by atoms with van der Waals surface area (Å²) in [7, 11) is 0. The summed E-state index contributed by atoms with van der Waals surface area (Å²) in [6.07, 6.45) is 0.296. The first-order valence-electron chi connectivity index (χ1n) is 7.37. The zero-order valence-corrected chi connectivity index (χ0v) is 12.2. The largest absolute Gasteiger partial charge is 0.379 e. The molecule has 0 bridgehead atoms. The second-order valence-electron chi connectivity index (χ2n) is 5.67. The van der Waals surface area contributed by atoms with E-state index in [1.165, 1.54) is 10.5 Å². The Labute approximate surface area is 124 Å². The molecule has 0 saturated carbocycles. The number of benzene rings is 1. The van der Waals surface area contributed by atoms with Gasteiger partial charge in [0.15, 0.2) is 0 Å². The van der Waals surface area contributed by atoms with E-state index in [1.54, 1.807) is 0 Å². The number of likely N-dealkylation sites (tertiary alicyclic amines) is 1. The number of carbonyl (C=O) groups excluding carboxylic acids is 2. The van der Waals surface area contributed by atoms with Gasteiger partial charge in [0.2, 0.25) is 11.8 Å². The predicted octanol–water partition coefficient (Wildman–Crippen LogP) is 0.955. The Balaban J connectivity index is 1.69. The Morgan fingerprint density at radius 1 is 1.14 bits per heavy atom. The number of rotatable bonds is 3. The van der Waals surface area contributed by atoms with Crippen LogP contribution in [0.15, 0.2) is 24.3 Å². The van der Waals surface area contributed by atoms with E-state index in [0.29, 0.717) is 26.2 Å². The molecule has 2 aliphatic heterocycles. The highest BCUT2D eigenvalue weighted by Gasteiger charge is 2.41. The average Bonchev–Trinajstić information content (AvgIpc) is 2.78. The van der Waals surface area contributed by atoms with Crippen LogP contribution in [0.5, 0.6) is 0 Å². The van der Waals surface area contributed by atoms with Crippen LogP contribution in [0.2, 0.25) is 0 Å². The molecule has 2 amide bonds. The first-order valence-corrected chi connectivity index (χ1v) is 7.37. The fraction of sp³-hybridized carbons (Fsp3) is 0.500. The van der Waals surface area contributed by atoms with Gasteiger partial charge >= 0.3 is 0 Å². The second kappa shape index (κ2) is 5.95. The number of hydrogen-bond acceptors (Lipinski definition) is 4. The van der Waals surface area contributed by atoms with Gasteiger partial charge in [-0.15, -0.1) is 0 Å². The quantitative estimate of drug-likeness (QED) is 0.777. The Morgan fingerprint density at radius 3 is 2.48 bits per heavy atom. The van der Waals surface area contributed by atoms with Crippen LogP contribution in [-0.4, -0.2) is 54.0 Å². The van der Waals surface area contributed by atoms with Crippen molar-refractivity contribution in [2.24, 2.45) is 0 Å². The lowest BCUT2D eigenvalue weighted by molar-refractivity contribution is -0.140. The highest BCUT2D eigenvalue weighted by Crippen LogP contribution is 2.22. The zero-order valence-electron chi connectivity index (χ0n) is 12.2. The van der Waals surface area contributed by atoms with E-state index in [1.807, 2.05) is 31.2 Å². The van der Waals surface area contributed by atoms with Gasteiger partial charge in [0.25, 0.3) is 0 Å². The van der Waals surface area contributed by atoms with Crippen molar-refractivity contribution in [2.45, 2.75) is 25.9 Å². The lowest BCUT2D eigenvalue weighted by Crippen LogP contribution is -2.47. The van der Waals surface area contributed by atoms with Crippen LogP contribution in [0.3, 0.4) is 0 Å². The molecule has 5 nitrogen and oxygen atoms in total. The molecule has 1 aromatic carbocycles. The molecule has 0 aliphatic carbocycles. The third-order valence-electron chi connectivity index (χ3n) is 4.17. The monoisotopic (exact) mass is 288 g/mol. The molecule has 0 unspecified atom stereocenters. The van der Waals surface area contributed by atoms with Gasteiger partial charge < -0.3 is 4.74 Å². The molecule has 2 fully saturated rings. The number of amides is 2. The van der Waals surface area contributed by atoms with E-state index in [4.69, 9.17) is 4.74 Å². The summed E-state index contributed by atoms with van der Waals surface area (Å²) in [5.41, 5.74) is 2.16. The summed E-state index contributed by atoms with van der Waals surface area (Å²) >= 11 is 0. The predicted molar refractivity (Wildman–Crippen MR) is 77.5 cm³/mol. The third-order valence-corrected chi connectivity index (χ3v) is 4.17. The number of aryl methyl sites for hydroxylation is 1. The fourth-order valence-electron chi connectivity index (χ4n) is 2.88. The van der Waals surface area contributed by atoms with Crippen molar-refractivity contribution in [1.29, 1.82) is 0 Å². The van der Waals surface area contributed by atoms with Gasteiger partial charge in [0.1, 0.15) is 0 Å². The molecule has 21 heavy (non-hydrogen) atoms. The lowest BCUT2D eigenvalue weighted by Gasteiger charge is -2.30. The molecule has 0 N–H and O–H groups in total. The number of morpholine rings is 1. The number of imide groups is 1. The summed E-state index contributed by atoms with van der Waals surface area (Å²) in [5.74, 6) is -0.139. The average molecular weight is 288 g/mol. The Hall–Kier alpha value is -1.72. The molecule has 2 heterocycles. The van der Waals surface area contributed by atoms with Gasteiger partial charge in [-0.3, -0.25) is 19.4 Å². The number of hydrogen-bond donors (Lipinski definition) is 0. The highest BCUT2D eigenvalue weighted by molar-refractivity contribution is 6.05. The van der Waals surface area contributed by atoms with Crippen molar-refractivity contribution in [1.82, 2.24) is 9.80 Å². The minimum atomic E-state index is -0.299. The van der Waals surface area contributed by atoms with Crippen molar-refractivity contribution in [3.63, 3.8) is 0 Å². The first-order chi connectivity index (χ1) is 10.1. The molecular weight excluding hydrogens is 268 g/mol. The molecule has 2 aliphatic rings. The number of carbonyl (C=O) groups is 2. The van der Waals surface area contributed by atoms with Crippen LogP contribution in [-0.2, 0) is 20.9 Å². The third kappa shape index (κ3) is 2.99.